The van der Waals surface area contributed by atoms with Crippen LogP contribution in [0.15, 0.2) is 58.6 Å². The number of aliphatic hydroxyl groups is 1. The zero-order valence-corrected chi connectivity index (χ0v) is 16.9. The molecule has 0 radical (unpaired) electrons. The molecule has 6 heteroatoms. The summed E-state index contributed by atoms with van der Waals surface area (Å²) in [5.74, 6) is 0.275. The van der Waals surface area contributed by atoms with Crippen LogP contribution in [0.2, 0.25) is 0 Å². The molecule has 0 saturated heterocycles. The summed E-state index contributed by atoms with van der Waals surface area (Å²) in [7, 11) is 0. The summed E-state index contributed by atoms with van der Waals surface area (Å²) in [4.78, 5) is 0. The Kier molecular flexibility index (Phi) is 6.77. The Bertz CT molecular complexity index is 1010. The molecule has 0 bridgehead atoms. The molecule has 1 aliphatic rings. The van der Waals surface area contributed by atoms with E-state index in [9.17, 15) is 9.50 Å². The fourth-order valence-corrected chi connectivity index (χ4v) is 3.75. The maximum absolute atomic E-state index is 13.4. The third-order valence-electron chi connectivity index (χ3n) is 5.37. The molecular formula is C24H27FN2O3. The van der Waals surface area contributed by atoms with Crippen molar-refractivity contribution in [2.75, 3.05) is 19.7 Å². The van der Waals surface area contributed by atoms with Crippen molar-refractivity contribution in [1.82, 2.24) is 10.5 Å². The number of fused-ring (bicyclic) bond motifs is 1. The van der Waals surface area contributed by atoms with E-state index in [1.165, 1.54) is 43.4 Å². The van der Waals surface area contributed by atoms with Crippen LogP contribution in [0.4, 0.5) is 4.39 Å². The molecule has 30 heavy (non-hydrogen) atoms. The van der Waals surface area contributed by atoms with Gasteiger partial charge in [0.25, 0.3) is 0 Å². The van der Waals surface area contributed by atoms with Crippen LogP contribution in [0.3, 0.4) is 0 Å². The smallest absolute Gasteiger partial charge is 0.170 e. The lowest BCUT2D eigenvalue weighted by Gasteiger charge is -2.15. The minimum Gasteiger partial charge on any atom is -0.491 e. The Morgan fingerprint density at radius 2 is 2.13 bits per heavy atom. The van der Waals surface area contributed by atoms with Gasteiger partial charge >= 0.3 is 0 Å². The van der Waals surface area contributed by atoms with E-state index in [0.29, 0.717) is 23.6 Å². The van der Waals surface area contributed by atoms with E-state index in [0.717, 1.165) is 23.9 Å². The third-order valence-corrected chi connectivity index (χ3v) is 5.37. The van der Waals surface area contributed by atoms with E-state index in [-0.39, 0.29) is 12.4 Å². The molecule has 3 aromatic rings. The minimum absolute atomic E-state index is 0.198. The van der Waals surface area contributed by atoms with Crippen molar-refractivity contribution in [1.29, 1.82) is 0 Å². The van der Waals surface area contributed by atoms with Crippen LogP contribution in [0, 0.1) is 5.82 Å². The van der Waals surface area contributed by atoms with Crippen LogP contribution in [0.5, 0.6) is 5.75 Å². The van der Waals surface area contributed by atoms with Crippen LogP contribution in [0.1, 0.15) is 32.1 Å². The second-order valence-corrected chi connectivity index (χ2v) is 7.73. The quantitative estimate of drug-likeness (QED) is 0.390. The van der Waals surface area contributed by atoms with Crippen LogP contribution < -0.4 is 10.1 Å². The van der Waals surface area contributed by atoms with E-state index < -0.39 is 6.10 Å². The molecule has 2 aromatic carbocycles. The van der Waals surface area contributed by atoms with E-state index in [1.807, 2.05) is 24.3 Å². The first-order valence-electron chi connectivity index (χ1n) is 10.5. The lowest BCUT2D eigenvalue weighted by atomic mass is 9.97. The van der Waals surface area contributed by atoms with E-state index in [1.54, 1.807) is 6.07 Å². The molecule has 2 N–H and O–H groups in total. The molecule has 1 atom stereocenters. The molecule has 0 fully saturated rings. The first-order valence-corrected chi connectivity index (χ1v) is 10.5. The van der Waals surface area contributed by atoms with Crippen LogP contribution in [0.25, 0.3) is 22.2 Å². The number of aliphatic hydroxyl groups excluding tert-OH is 1. The van der Waals surface area contributed by atoms with Crippen LogP contribution in [-0.2, 0) is 0 Å². The van der Waals surface area contributed by atoms with Gasteiger partial charge in [0.15, 0.2) is 5.58 Å². The standard InChI is InChI=1S/C24H27FN2O3/c25-19-9-10-22-23(14-19)30-27-24(22)18-7-4-8-21(13-18)29-16-20(28)15-26-12-11-17-5-2-1-3-6-17/h4-5,7-10,13-14,20,26,28H,1-3,6,11-12,15-16H2/t20-/m1/s1. The third kappa shape index (κ3) is 5.26. The summed E-state index contributed by atoms with van der Waals surface area (Å²) in [6.45, 7) is 1.56. The lowest BCUT2D eigenvalue weighted by molar-refractivity contribution is 0.106. The topological polar surface area (TPSA) is 67.5 Å². The molecule has 0 spiro atoms. The first-order chi connectivity index (χ1) is 14.7. The van der Waals surface area contributed by atoms with E-state index in [2.05, 4.69) is 16.5 Å². The zero-order chi connectivity index (χ0) is 20.8. The number of hydrogen-bond acceptors (Lipinski definition) is 5. The molecule has 0 amide bonds. The molecule has 0 aliphatic heterocycles. The fourth-order valence-electron chi connectivity index (χ4n) is 3.75. The molecule has 5 nitrogen and oxygen atoms in total. The highest BCUT2D eigenvalue weighted by molar-refractivity contribution is 5.91. The second kappa shape index (κ2) is 9.87. The second-order valence-electron chi connectivity index (χ2n) is 7.73. The number of nitrogens with one attached hydrogen (secondary N) is 1. The highest BCUT2D eigenvalue weighted by Gasteiger charge is 2.12. The summed E-state index contributed by atoms with van der Waals surface area (Å²) in [6, 6.07) is 11.8. The van der Waals surface area contributed by atoms with Gasteiger partial charge in [0.1, 0.15) is 30.0 Å². The van der Waals surface area contributed by atoms with E-state index in [4.69, 9.17) is 9.26 Å². The van der Waals surface area contributed by atoms with Gasteiger partial charge in [0.05, 0.1) is 0 Å². The van der Waals surface area contributed by atoms with Gasteiger partial charge in [0, 0.05) is 23.6 Å². The van der Waals surface area contributed by atoms with E-state index >= 15 is 0 Å². The van der Waals surface area contributed by atoms with Crippen molar-refractivity contribution in [2.45, 2.75) is 38.2 Å². The number of nitrogens with zero attached hydrogens (tertiary/aromatic N) is 1. The van der Waals surface area contributed by atoms with Gasteiger partial charge in [-0.3, -0.25) is 0 Å². The Morgan fingerprint density at radius 3 is 3.00 bits per heavy atom. The highest BCUT2D eigenvalue weighted by Crippen LogP contribution is 2.30. The molecule has 158 valence electrons. The van der Waals surface area contributed by atoms with Crippen molar-refractivity contribution in [2.24, 2.45) is 0 Å². The first kappa shape index (κ1) is 20.6. The maximum atomic E-state index is 13.4. The maximum Gasteiger partial charge on any atom is 0.170 e. The summed E-state index contributed by atoms with van der Waals surface area (Å²) in [6.07, 6.45) is 7.81. The average Bonchev–Trinajstić information content (AvgIpc) is 3.19. The monoisotopic (exact) mass is 410 g/mol. The van der Waals surface area contributed by atoms with Crippen molar-refractivity contribution < 1.29 is 18.8 Å². The van der Waals surface area contributed by atoms with Gasteiger partial charge < -0.3 is 19.7 Å². The number of allylic oxidation sites excluding steroid dienone is 1. The summed E-state index contributed by atoms with van der Waals surface area (Å²) >= 11 is 0. The number of rotatable bonds is 9. The number of aromatic nitrogens is 1. The molecule has 0 saturated carbocycles. The number of hydrogen-bond donors (Lipinski definition) is 2. The number of ether oxygens (including phenoxy) is 1. The Balaban J connectivity index is 1.28. The zero-order valence-electron chi connectivity index (χ0n) is 16.9. The SMILES string of the molecule is O[C@H](CNCCC1=CCCCC1)COc1cccc(-c2noc3cc(F)ccc23)c1. The normalized spacial score (nSPS) is 15.2. The Morgan fingerprint density at radius 1 is 1.20 bits per heavy atom. The molecular weight excluding hydrogens is 383 g/mol. The van der Waals surface area contributed by atoms with Crippen LogP contribution in [-0.4, -0.2) is 36.1 Å². The van der Waals surface area contributed by atoms with Gasteiger partial charge in [-0.1, -0.05) is 28.9 Å². The largest absolute Gasteiger partial charge is 0.491 e. The molecule has 0 unspecified atom stereocenters. The molecule has 1 aliphatic carbocycles. The summed E-state index contributed by atoms with van der Waals surface area (Å²) < 4.78 is 24.4. The van der Waals surface area contributed by atoms with Gasteiger partial charge in [-0.05, 0) is 62.9 Å². The Hall–Kier alpha value is -2.70. The van der Waals surface area contributed by atoms with Crippen molar-refractivity contribution in [3.8, 4) is 17.0 Å². The predicted molar refractivity (Wildman–Crippen MR) is 115 cm³/mol. The van der Waals surface area contributed by atoms with Gasteiger partial charge in [-0.25, -0.2) is 4.39 Å². The molecule has 4 rings (SSSR count). The minimum atomic E-state index is -0.593. The molecule has 1 aromatic heterocycles. The fraction of sp³-hybridized carbons (Fsp3) is 0.375. The van der Waals surface area contributed by atoms with Crippen molar-refractivity contribution in [3.63, 3.8) is 0 Å². The average molecular weight is 410 g/mol. The van der Waals surface area contributed by atoms with Crippen molar-refractivity contribution in [3.05, 3.63) is 59.9 Å². The summed E-state index contributed by atoms with van der Waals surface area (Å²) in [5, 5.41) is 18.3. The predicted octanol–water partition coefficient (Wildman–Crippen LogP) is 4.85. The number of benzene rings is 2. The lowest BCUT2D eigenvalue weighted by Crippen LogP contribution is -2.32. The van der Waals surface area contributed by atoms with Crippen LogP contribution >= 0.6 is 0 Å². The van der Waals surface area contributed by atoms with Gasteiger partial charge in [-0.2, -0.15) is 0 Å². The highest BCUT2D eigenvalue weighted by atomic mass is 19.1. The summed E-state index contributed by atoms with van der Waals surface area (Å²) in [5.41, 5.74) is 3.38. The number of halogens is 1. The van der Waals surface area contributed by atoms with Gasteiger partial charge in [-0.15, -0.1) is 0 Å². The molecule has 1 heterocycles. The van der Waals surface area contributed by atoms with Crippen molar-refractivity contribution >= 4 is 11.0 Å². The Labute approximate surface area is 175 Å². The van der Waals surface area contributed by atoms with Gasteiger partial charge in [0.2, 0.25) is 0 Å².